The lowest BCUT2D eigenvalue weighted by atomic mass is 10.0. The van der Waals surface area contributed by atoms with Crippen LogP contribution in [0.25, 0.3) is 0 Å². The number of benzene rings is 4. The number of nitrogens with one attached hydrogen (secondary N) is 1. The molecule has 0 spiro atoms. The summed E-state index contributed by atoms with van der Waals surface area (Å²) in [5.74, 6) is 0.458. The first-order valence-electron chi connectivity index (χ1n) is 16.4. The van der Waals surface area contributed by atoms with Gasteiger partial charge in [-0.25, -0.2) is 8.42 Å². The first kappa shape index (κ1) is 37.8. The molecule has 0 fully saturated rings. The highest BCUT2D eigenvalue weighted by Gasteiger charge is 2.35. The average molecular weight is 702 g/mol. The third kappa shape index (κ3) is 9.56. The Balaban J connectivity index is 1.86. The molecular formula is C39H47N3O7S. The number of hydrogen-bond acceptors (Lipinski definition) is 7. The zero-order valence-electron chi connectivity index (χ0n) is 29.8. The number of rotatable bonds is 16. The van der Waals surface area contributed by atoms with Gasteiger partial charge < -0.3 is 24.4 Å². The van der Waals surface area contributed by atoms with Gasteiger partial charge in [0.2, 0.25) is 11.8 Å². The molecule has 11 heteroatoms. The van der Waals surface area contributed by atoms with Gasteiger partial charge in [0.25, 0.3) is 10.0 Å². The first-order chi connectivity index (χ1) is 23.9. The van der Waals surface area contributed by atoms with Crippen LogP contribution in [0.1, 0.15) is 36.1 Å². The van der Waals surface area contributed by atoms with Crippen molar-refractivity contribution in [1.29, 1.82) is 0 Å². The monoisotopic (exact) mass is 701 g/mol. The van der Waals surface area contributed by atoms with Crippen molar-refractivity contribution in [2.24, 2.45) is 5.92 Å². The van der Waals surface area contributed by atoms with Crippen molar-refractivity contribution in [1.82, 2.24) is 10.2 Å². The minimum absolute atomic E-state index is 0.0275. The molecule has 4 aromatic rings. The molecule has 0 aliphatic heterocycles. The molecule has 1 N–H and O–H groups in total. The number of sulfonamides is 1. The molecule has 10 nitrogen and oxygen atoms in total. The highest BCUT2D eigenvalue weighted by atomic mass is 32.2. The highest BCUT2D eigenvalue weighted by molar-refractivity contribution is 7.92. The quantitative estimate of drug-likeness (QED) is 0.154. The van der Waals surface area contributed by atoms with Gasteiger partial charge in [-0.3, -0.25) is 13.9 Å². The summed E-state index contributed by atoms with van der Waals surface area (Å²) in [5.41, 5.74) is 3.53. The van der Waals surface area contributed by atoms with E-state index in [-0.39, 0.29) is 35.4 Å². The Hall–Kier alpha value is -5.03. The molecule has 266 valence electrons. The third-order valence-corrected chi connectivity index (χ3v) is 9.93. The van der Waals surface area contributed by atoms with Crippen LogP contribution in [-0.4, -0.2) is 65.6 Å². The maximum atomic E-state index is 14.8. The van der Waals surface area contributed by atoms with Gasteiger partial charge in [-0.2, -0.15) is 0 Å². The second kappa shape index (κ2) is 17.1. The predicted molar refractivity (Wildman–Crippen MR) is 195 cm³/mol. The van der Waals surface area contributed by atoms with Gasteiger partial charge in [0.05, 0.1) is 31.9 Å². The zero-order chi connectivity index (χ0) is 36.4. The molecule has 0 bridgehead atoms. The van der Waals surface area contributed by atoms with Gasteiger partial charge in [0, 0.05) is 25.6 Å². The van der Waals surface area contributed by atoms with E-state index in [1.165, 1.54) is 37.3 Å². The van der Waals surface area contributed by atoms with E-state index in [2.05, 4.69) is 5.32 Å². The second-order valence-corrected chi connectivity index (χ2v) is 14.5. The largest absolute Gasteiger partial charge is 0.497 e. The Bertz CT molecular complexity index is 1860. The molecule has 0 aliphatic carbocycles. The summed E-state index contributed by atoms with van der Waals surface area (Å²) < 4.78 is 46.4. The van der Waals surface area contributed by atoms with Crippen LogP contribution in [0, 0.1) is 19.8 Å². The molecule has 0 radical (unpaired) electrons. The summed E-state index contributed by atoms with van der Waals surface area (Å²) in [6, 6.07) is 25.4. The minimum atomic E-state index is -4.35. The van der Waals surface area contributed by atoms with Crippen molar-refractivity contribution in [3.63, 3.8) is 0 Å². The summed E-state index contributed by atoms with van der Waals surface area (Å²) in [6.07, 6.45) is 0.215. The Labute approximate surface area is 296 Å². The molecule has 50 heavy (non-hydrogen) atoms. The van der Waals surface area contributed by atoms with Gasteiger partial charge >= 0.3 is 0 Å². The van der Waals surface area contributed by atoms with Crippen LogP contribution >= 0.6 is 0 Å². The lowest BCUT2D eigenvalue weighted by molar-refractivity contribution is -0.140. The maximum Gasteiger partial charge on any atom is 0.264 e. The fraction of sp³-hybridized carbons (Fsp3) is 0.333. The topological polar surface area (TPSA) is 114 Å². The number of carbonyl (C=O) groups excluding carboxylic acids is 2. The van der Waals surface area contributed by atoms with Crippen LogP contribution in [0.4, 0.5) is 5.69 Å². The Morgan fingerprint density at radius 2 is 1.42 bits per heavy atom. The number of nitrogens with zero attached hydrogens (tertiary/aromatic N) is 2. The number of amides is 2. The van der Waals surface area contributed by atoms with Crippen LogP contribution in [0.15, 0.2) is 95.9 Å². The van der Waals surface area contributed by atoms with Crippen molar-refractivity contribution < 1.29 is 32.2 Å². The van der Waals surface area contributed by atoms with E-state index in [1.54, 1.807) is 31.4 Å². The maximum absolute atomic E-state index is 14.8. The molecular weight excluding hydrogens is 655 g/mol. The summed E-state index contributed by atoms with van der Waals surface area (Å²) in [4.78, 5) is 30.2. The molecule has 4 aromatic carbocycles. The number of aryl methyl sites for hydroxylation is 2. The van der Waals surface area contributed by atoms with Crippen molar-refractivity contribution in [2.45, 2.75) is 51.6 Å². The van der Waals surface area contributed by atoms with Gasteiger partial charge in [0.1, 0.15) is 18.3 Å². The normalized spacial score (nSPS) is 11.8. The molecule has 0 heterocycles. The molecule has 0 unspecified atom stereocenters. The number of ether oxygens (including phenoxy) is 3. The second-order valence-electron chi connectivity index (χ2n) is 12.6. The van der Waals surface area contributed by atoms with E-state index in [4.69, 9.17) is 14.2 Å². The van der Waals surface area contributed by atoms with Crippen molar-refractivity contribution in [3.05, 3.63) is 113 Å². The summed E-state index contributed by atoms with van der Waals surface area (Å²) in [5, 5.41) is 3.01. The van der Waals surface area contributed by atoms with Crippen LogP contribution in [0.5, 0.6) is 17.2 Å². The molecule has 0 saturated heterocycles. The van der Waals surface area contributed by atoms with Gasteiger partial charge in [-0.1, -0.05) is 62.4 Å². The van der Waals surface area contributed by atoms with Crippen molar-refractivity contribution >= 4 is 27.5 Å². The fourth-order valence-corrected chi connectivity index (χ4v) is 7.09. The molecule has 0 aliphatic rings. The molecule has 4 rings (SSSR count). The SMILES string of the molecule is COc1cccc(CN(C(=O)CN(c2cc(C)cc(C)c2)S(=O)(=O)c2ccc(OC)c(OC)c2)[C@@H](Cc2ccccc2)C(=O)NCC(C)C)c1. The molecule has 0 aromatic heterocycles. The molecule has 1 atom stereocenters. The zero-order valence-corrected chi connectivity index (χ0v) is 30.6. The van der Waals surface area contributed by atoms with Gasteiger partial charge in [-0.05, 0) is 78.4 Å². The first-order valence-corrected chi connectivity index (χ1v) is 17.9. The van der Waals surface area contributed by atoms with E-state index in [1.807, 2.05) is 76.2 Å². The predicted octanol–water partition coefficient (Wildman–Crippen LogP) is 5.94. The number of anilines is 1. The summed E-state index contributed by atoms with van der Waals surface area (Å²) >= 11 is 0. The van der Waals surface area contributed by atoms with Crippen LogP contribution in [-0.2, 0) is 32.6 Å². The van der Waals surface area contributed by atoms with E-state index in [0.29, 0.717) is 29.3 Å². The number of methoxy groups -OCH3 is 3. The van der Waals surface area contributed by atoms with Crippen LogP contribution in [0.2, 0.25) is 0 Å². The smallest absolute Gasteiger partial charge is 0.264 e. The molecule has 0 saturated carbocycles. The van der Waals surface area contributed by atoms with Gasteiger partial charge in [0.15, 0.2) is 11.5 Å². The minimum Gasteiger partial charge on any atom is -0.497 e. The lowest BCUT2D eigenvalue weighted by Gasteiger charge is -2.34. The fourth-order valence-electron chi connectivity index (χ4n) is 5.67. The summed E-state index contributed by atoms with van der Waals surface area (Å²) in [6.45, 7) is 7.58. The number of hydrogen-bond donors (Lipinski definition) is 1. The highest BCUT2D eigenvalue weighted by Crippen LogP contribution is 2.33. The lowest BCUT2D eigenvalue weighted by Crippen LogP contribution is -2.53. The molecule has 2 amide bonds. The standard InChI is InChI=1S/C39H47N3O7S/c1-27(2)24-40-39(44)35(22-30-12-9-8-10-13-30)41(25-31-14-11-15-33(21-31)47-5)38(43)26-42(32-19-28(3)18-29(4)20-32)50(45,46)34-16-17-36(48-6)37(23-34)49-7/h8-21,23,27,35H,22,24-26H2,1-7H3,(H,40,44)/t35-/m0/s1. The van der Waals surface area contributed by atoms with E-state index in [0.717, 1.165) is 21.0 Å². The van der Waals surface area contributed by atoms with Crippen molar-refractivity contribution in [2.75, 3.05) is 38.7 Å². The average Bonchev–Trinajstić information content (AvgIpc) is 3.10. The van der Waals surface area contributed by atoms with Crippen molar-refractivity contribution in [3.8, 4) is 17.2 Å². The van der Waals surface area contributed by atoms with E-state index in [9.17, 15) is 18.0 Å². The van der Waals surface area contributed by atoms with Crippen LogP contribution in [0.3, 0.4) is 0 Å². The third-order valence-electron chi connectivity index (χ3n) is 8.16. The van der Waals surface area contributed by atoms with Gasteiger partial charge in [-0.15, -0.1) is 0 Å². The number of carbonyl (C=O) groups is 2. The Kier molecular flexibility index (Phi) is 12.9. The van der Waals surface area contributed by atoms with E-state index >= 15 is 0 Å². The Morgan fingerprint density at radius 1 is 0.760 bits per heavy atom. The van der Waals surface area contributed by atoms with Crippen LogP contribution < -0.4 is 23.8 Å². The summed E-state index contributed by atoms with van der Waals surface area (Å²) in [7, 11) is 0.0906. The Morgan fingerprint density at radius 3 is 2.04 bits per heavy atom. The van der Waals surface area contributed by atoms with E-state index < -0.39 is 28.5 Å².